The third-order valence-corrected chi connectivity index (χ3v) is 8.70. The van der Waals surface area contributed by atoms with Gasteiger partial charge in [0.15, 0.2) is 0 Å². The molecule has 0 radical (unpaired) electrons. The van der Waals surface area contributed by atoms with E-state index in [1.165, 1.54) is 12.0 Å². The third kappa shape index (κ3) is 6.43. The number of esters is 1. The second-order valence-corrected chi connectivity index (χ2v) is 16.6. The lowest BCUT2D eigenvalue weighted by molar-refractivity contribution is -0.145. The van der Waals surface area contributed by atoms with Gasteiger partial charge in [0.1, 0.15) is 11.6 Å². The van der Waals surface area contributed by atoms with Crippen LogP contribution in [0.2, 0.25) is 25.7 Å². The molecule has 8 heteroatoms. The van der Waals surface area contributed by atoms with Crippen molar-refractivity contribution in [3.05, 3.63) is 60.2 Å². The summed E-state index contributed by atoms with van der Waals surface area (Å²) in [4.78, 5) is 29.2. The van der Waals surface area contributed by atoms with Crippen LogP contribution in [0.15, 0.2) is 49.0 Å². The van der Waals surface area contributed by atoms with Gasteiger partial charge >= 0.3 is 12.1 Å². The molecular formula is C29H40N2O5Si. The highest BCUT2D eigenvalue weighted by atomic mass is 28.3. The number of anilines is 1. The van der Waals surface area contributed by atoms with Crippen molar-refractivity contribution in [1.29, 1.82) is 0 Å². The Kier molecular flexibility index (Phi) is 8.86. The molecule has 7 nitrogen and oxygen atoms in total. The molecule has 0 spiro atoms. The zero-order chi connectivity index (χ0) is 27.4. The van der Waals surface area contributed by atoms with Crippen molar-refractivity contribution in [2.45, 2.75) is 43.7 Å². The van der Waals surface area contributed by atoms with Crippen molar-refractivity contribution in [3.8, 4) is 11.1 Å². The monoisotopic (exact) mass is 524 g/mol. The normalized spacial score (nSPS) is 19.4. The summed E-state index contributed by atoms with van der Waals surface area (Å²) in [5, 5.41) is 0. The van der Waals surface area contributed by atoms with Crippen LogP contribution in [-0.4, -0.2) is 72.5 Å². The van der Waals surface area contributed by atoms with Crippen molar-refractivity contribution in [3.63, 3.8) is 0 Å². The molecular weight excluding hydrogens is 484 g/mol. The van der Waals surface area contributed by atoms with E-state index in [2.05, 4.69) is 49.3 Å². The zero-order valence-corrected chi connectivity index (χ0v) is 24.2. The molecule has 1 aliphatic rings. The standard InChI is InChI=1S/C29H40N2O5Si/c1-9-21-18-24(30(2)3)14-15-25(21)22-10-12-23(13-11-22)29(35-5)19-26(27(32)34-4)31(20-29)28(33)36-16-17-37(6,7)8/h9-15,18,26H,1,16-17,19-20H2,2-8H3/t26-,29-/m0/s1. The number of hydrogen-bond donors (Lipinski definition) is 0. The summed E-state index contributed by atoms with van der Waals surface area (Å²) >= 11 is 0. The number of hydrogen-bond acceptors (Lipinski definition) is 6. The first-order chi connectivity index (χ1) is 17.4. The maximum Gasteiger partial charge on any atom is 0.410 e. The summed E-state index contributed by atoms with van der Waals surface area (Å²) < 4.78 is 16.6. The van der Waals surface area contributed by atoms with E-state index < -0.39 is 31.8 Å². The average molecular weight is 525 g/mol. The number of amides is 1. The lowest BCUT2D eigenvalue weighted by Gasteiger charge is -2.28. The maximum atomic E-state index is 13.0. The molecule has 0 unspecified atom stereocenters. The number of nitrogens with zero attached hydrogens (tertiary/aromatic N) is 2. The fourth-order valence-electron chi connectivity index (χ4n) is 4.63. The number of rotatable bonds is 9. The molecule has 1 heterocycles. The Morgan fingerprint density at radius 1 is 1.14 bits per heavy atom. The van der Waals surface area contributed by atoms with Crippen LogP contribution in [0.1, 0.15) is 17.5 Å². The highest BCUT2D eigenvalue weighted by Gasteiger charge is 2.51. The van der Waals surface area contributed by atoms with E-state index >= 15 is 0 Å². The van der Waals surface area contributed by atoms with Gasteiger partial charge in [-0.3, -0.25) is 4.90 Å². The van der Waals surface area contributed by atoms with Crippen molar-refractivity contribution < 1.29 is 23.8 Å². The van der Waals surface area contributed by atoms with Gasteiger partial charge in [-0.15, -0.1) is 0 Å². The smallest absolute Gasteiger partial charge is 0.410 e. The maximum absolute atomic E-state index is 13.0. The minimum atomic E-state index is -1.37. The van der Waals surface area contributed by atoms with E-state index in [0.717, 1.165) is 34.0 Å². The van der Waals surface area contributed by atoms with E-state index in [-0.39, 0.29) is 13.0 Å². The van der Waals surface area contributed by atoms with E-state index in [4.69, 9.17) is 14.2 Å². The van der Waals surface area contributed by atoms with Gasteiger partial charge in [0.25, 0.3) is 0 Å². The second-order valence-electron chi connectivity index (χ2n) is 10.9. The Hall–Kier alpha value is -3.10. The van der Waals surface area contributed by atoms with Gasteiger partial charge in [0.05, 0.1) is 20.3 Å². The first-order valence-corrected chi connectivity index (χ1v) is 16.3. The Morgan fingerprint density at radius 3 is 2.35 bits per heavy atom. The summed E-state index contributed by atoms with van der Waals surface area (Å²) in [6.45, 7) is 11.2. The molecule has 1 fully saturated rings. The number of ether oxygens (including phenoxy) is 3. The predicted molar refractivity (Wildman–Crippen MR) is 152 cm³/mol. The molecule has 1 amide bonds. The van der Waals surface area contributed by atoms with Crippen molar-refractivity contribution in [1.82, 2.24) is 4.90 Å². The van der Waals surface area contributed by atoms with Crippen LogP contribution in [0.3, 0.4) is 0 Å². The molecule has 0 aliphatic carbocycles. The van der Waals surface area contributed by atoms with Crippen LogP contribution in [0.5, 0.6) is 0 Å². The first kappa shape index (κ1) is 28.5. The van der Waals surface area contributed by atoms with Gasteiger partial charge in [0, 0.05) is 41.4 Å². The lowest BCUT2D eigenvalue weighted by atomic mass is 9.89. The number of methoxy groups -OCH3 is 2. The summed E-state index contributed by atoms with van der Waals surface area (Å²) in [7, 11) is 5.59. The van der Waals surface area contributed by atoms with Crippen LogP contribution in [-0.2, 0) is 24.6 Å². The fraction of sp³-hybridized carbons (Fsp3) is 0.448. The first-order valence-electron chi connectivity index (χ1n) is 12.6. The third-order valence-electron chi connectivity index (χ3n) is 6.99. The van der Waals surface area contributed by atoms with E-state index in [1.807, 2.05) is 44.4 Å². The molecule has 0 bridgehead atoms. The van der Waals surface area contributed by atoms with Crippen LogP contribution in [0.25, 0.3) is 17.2 Å². The predicted octanol–water partition coefficient (Wildman–Crippen LogP) is 5.63. The Labute approximate surface area is 222 Å². The van der Waals surface area contributed by atoms with Gasteiger partial charge < -0.3 is 19.1 Å². The molecule has 0 aromatic heterocycles. The van der Waals surface area contributed by atoms with Crippen molar-refractivity contribution in [2.24, 2.45) is 0 Å². The summed E-state index contributed by atoms with van der Waals surface area (Å²) in [6.07, 6.45) is 1.63. The molecule has 3 rings (SSSR count). The largest absolute Gasteiger partial charge is 0.467 e. The number of carbonyl (C=O) groups is 2. The van der Waals surface area contributed by atoms with E-state index in [9.17, 15) is 9.59 Å². The highest BCUT2D eigenvalue weighted by molar-refractivity contribution is 6.76. The molecule has 2 aromatic rings. The SMILES string of the molecule is C=Cc1cc(N(C)C)ccc1-c1ccc([C@]2(OC)C[C@@H](C(=O)OC)N(C(=O)OCC[Si](C)(C)C)C2)cc1. The van der Waals surface area contributed by atoms with Gasteiger partial charge in [-0.2, -0.15) is 0 Å². The van der Waals surface area contributed by atoms with E-state index in [1.54, 1.807) is 7.11 Å². The van der Waals surface area contributed by atoms with Crippen LogP contribution in [0, 0.1) is 0 Å². The molecule has 200 valence electrons. The molecule has 1 aliphatic heterocycles. The Bertz CT molecular complexity index is 1130. The van der Waals surface area contributed by atoms with Crippen LogP contribution >= 0.6 is 0 Å². The molecule has 0 saturated carbocycles. The van der Waals surface area contributed by atoms with Crippen molar-refractivity contribution in [2.75, 3.05) is 46.4 Å². The zero-order valence-electron chi connectivity index (χ0n) is 23.2. The van der Waals surface area contributed by atoms with Crippen LogP contribution in [0.4, 0.5) is 10.5 Å². The quantitative estimate of drug-likeness (QED) is 0.313. The summed E-state index contributed by atoms with van der Waals surface area (Å²) in [6, 6.07) is 14.4. The van der Waals surface area contributed by atoms with Gasteiger partial charge in [0.2, 0.25) is 0 Å². The van der Waals surface area contributed by atoms with E-state index in [0.29, 0.717) is 6.61 Å². The minimum Gasteiger partial charge on any atom is -0.467 e. The summed E-state index contributed by atoms with van der Waals surface area (Å²) in [5.41, 5.74) is 4.29. The molecule has 2 aromatic carbocycles. The minimum absolute atomic E-state index is 0.198. The van der Waals surface area contributed by atoms with Gasteiger partial charge in [-0.25, -0.2) is 9.59 Å². The molecule has 2 atom stereocenters. The van der Waals surface area contributed by atoms with Crippen LogP contribution < -0.4 is 4.90 Å². The van der Waals surface area contributed by atoms with Gasteiger partial charge in [-0.1, -0.05) is 62.6 Å². The number of benzene rings is 2. The Morgan fingerprint density at radius 2 is 1.81 bits per heavy atom. The van der Waals surface area contributed by atoms with Gasteiger partial charge in [-0.05, 0) is 40.4 Å². The number of carbonyl (C=O) groups excluding carboxylic acids is 2. The highest BCUT2D eigenvalue weighted by Crippen LogP contribution is 2.40. The fourth-order valence-corrected chi connectivity index (χ4v) is 5.34. The second kappa shape index (κ2) is 11.5. The lowest BCUT2D eigenvalue weighted by Crippen LogP contribution is -2.42. The number of likely N-dealkylation sites (tertiary alicyclic amines) is 1. The van der Waals surface area contributed by atoms with Crippen molar-refractivity contribution >= 4 is 31.9 Å². The molecule has 1 saturated heterocycles. The molecule has 37 heavy (non-hydrogen) atoms. The molecule has 0 N–H and O–H groups in total. The topological polar surface area (TPSA) is 68.3 Å². The average Bonchev–Trinajstić information content (AvgIpc) is 3.28. The summed E-state index contributed by atoms with van der Waals surface area (Å²) in [5.74, 6) is -0.478. The Balaban J connectivity index is 1.88.